The molecular formula is C12H10BrClN2O2. The summed E-state index contributed by atoms with van der Waals surface area (Å²) in [7, 11) is 0. The van der Waals surface area contributed by atoms with Crippen molar-refractivity contribution in [2.45, 2.75) is 6.92 Å². The van der Waals surface area contributed by atoms with Gasteiger partial charge in [0.25, 0.3) is 0 Å². The Bertz CT molecular complexity index is 583. The Labute approximate surface area is 117 Å². The minimum atomic E-state index is -0.428. The minimum Gasteiger partial charge on any atom is -0.461 e. The van der Waals surface area contributed by atoms with Gasteiger partial charge in [0.1, 0.15) is 5.69 Å². The molecule has 2 aromatic rings. The molecule has 0 aliphatic carbocycles. The summed E-state index contributed by atoms with van der Waals surface area (Å²) in [5.41, 5.74) is 1.66. The number of ether oxygens (including phenoxy) is 1. The van der Waals surface area contributed by atoms with Crippen molar-refractivity contribution in [3.63, 3.8) is 0 Å². The Balaban J connectivity index is 2.35. The molecule has 1 heterocycles. The number of halogens is 2. The second-order valence-electron chi connectivity index (χ2n) is 3.51. The van der Waals surface area contributed by atoms with Crippen LogP contribution in [0.15, 0.2) is 28.7 Å². The lowest BCUT2D eigenvalue weighted by Crippen LogP contribution is -2.04. The lowest BCUT2D eigenvalue weighted by Gasteiger charge is -2.00. The molecule has 1 N–H and O–H groups in total. The summed E-state index contributed by atoms with van der Waals surface area (Å²) < 4.78 is 5.77. The smallest absolute Gasteiger partial charge is 0.356 e. The fraction of sp³-hybridized carbons (Fsp3) is 0.167. The Morgan fingerprint density at radius 1 is 1.50 bits per heavy atom. The topological polar surface area (TPSA) is 55.0 Å². The van der Waals surface area contributed by atoms with E-state index in [4.69, 9.17) is 16.3 Å². The van der Waals surface area contributed by atoms with E-state index >= 15 is 0 Å². The van der Waals surface area contributed by atoms with Crippen LogP contribution in [0.4, 0.5) is 0 Å². The minimum absolute atomic E-state index is 0.308. The Morgan fingerprint density at radius 2 is 2.28 bits per heavy atom. The van der Waals surface area contributed by atoms with E-state index in [-0.39, 0.29) is 0 Å². The van der Waals surface area contributed by atoms with Gasteiger partial charge in [-0.25, -0.2) is 4.79 Å². The normalized spacial score (nSPS) is 10.4. The lowest BCUT2D eigenvalue weighted by molar-refractivity contribution is 0.0519. The fourth-order valence-electron chi connectivity index (χ4n) is 1.47. The number of hydrogen-bond donors (Lipinski definition) is 1. The van der Waals surface area contributed by atoms with Crippen LogP contribution in [0.2, 0.25) is 5.02 Å². The molecule has 6 heteroatoms. The molecule has 0 spiro atoms. The highest BCUT2D eigenvalue weighted by molar-refractivity contribution is 9.10. The zero-order chi connectivity index (χ0) is 13.1. The molecule has 0 bridgehead atoms. The van der Waals surface area contributed by atoms with Crippen molar-refractivity contribution >= 4 is 33.5 Å². The SMILES string of the molecule is CCOC(=O)c1cc(-c2cc(Br)ccc2Cl)n[nH]1. The summed E-state index contributed by atoms with van der Waals surface area (Å²) >= 11 is 9.46. The van der Waals surface area contributed by atoms with Crippen LogP contribution < -0.4 is 0 Å². The predicted molar refractivity (Wildman–Crippen MR) is 72.7 cm³/mol. The molecule has 2 rings (SSSR count). The van der Waals surface area contributed by atoms with Crippen molar-refractivity contribution in [1.29, 1.82) is 0 Å². The summed E-state index contributed by atoms with van der Waals surface area (Å²) in [5.74, 6) is -0.428. The van der Waals surface area contributed by atoms with Gasteiger partial charge in [0.15, 0.2) is 0 Å². The number of nitrogens with one attached hydrogen (secondary N) is 1. The first-order chi connectivity index (χ1) is 8.61. The summed E-state index contributed by atoms with van der Waals surface area (Å²) in [6.07, 6.45) is 0. The molecule has 0 fully saturated rings. The van der Waals surface area contributed by atoms with Crippen molar-refractivity contribution in [3.05, 3.63) is 39.5 Å². The van der Waals surface area contributed by atoms with Crippen molar-refractivity contribution < 1.29 is 9.53 Å². The molecule has 0 aliphatic heterocycles. The molecule has 18 heavy (non-hydrogen) atoms. The molecule has 0 aliphatic rings. The van der Waals surface area contributed by atoms with Crippen LogP contribution in [-0.4, -0.2) is 22.8 Å². The van der Waals surface area contributed by atoms with E-state index in [9.17, 15) is 4.79 Å². The average Bonchev–Trinajstić information content (AvgIpc) is 2.82. The van der Waals surface area contributed by atoms with Crippen LogP contribution in [0.5, 0.6) is 0 Å². The third kappa shape index (κ3) is 2.73. The van der Waals surface area contributed by atoms with E-state index < -0.39 is 5.97 Å². The highest BCUT2D eigenvalue weighted by Crippen LogP contribution is 2.29. The van der Waals surface area contributed by atoms with Crippen LogP contribution in [0.3, 0.4) is 0 Å². The number of hydrogen-bond acceptors (Lipinski definition) is 3. The van der Waals surface area contributed by atoms with Crippen LogP contribution in [0.25, 0.3) is 11.3 Å². The zero-order valence-corrected chi connectivity index (χ0v) is 11.9. The van der Waals surface area contributed by atoms with E-state index in [0.29, 0.717) is 23.0 Å². The third-order valence-corrected chi connectivity index (χ3v) is 3.10. The molecule has 0 saturated carbocycles. The maximum atomic E-state index is 11.5. The van der Waals surface area contributed by atoms with E-state index in [1.807, 2.05) is 12.1 Å². The Kier molecular flexibility index (Phi) is 4.04. The van der Waals surface area contributed by atoms with Gasteiger partial charge in [-0.3, -0.25) is 5.10 Å². The quantitative estimate of drug-likeness (QED) is 0.874. The van der Waals surface area contributed by atoms with E-state index in [1.165, 1.54) is 0 Å². The van der Waals surface area contributed by atoms with Gasteiger partial charge in [-0.15, -0.1) is 0 Å². The predicted octanol–water partition coefficient (Wildman–Crippen LogP) is 3.67. The fourth-order valence-corrected chi connectivity index (χ4v) is 2.04. The second kappa shape index (κ2) is 5.54. The van der Waals surface area contributed by atoms with Gasteiger partial charge in [0.05, 0.1) is 17.3 Å². The molecule has 0 radical (unpaired) electrons. The van der Waals surface area contributed by atoms with Gasteiger partial charge in [-0.1, -0.05) is 27.5 Å². The molecule has 1 aromatic heterocycles. The maximum Gasteiger partial charge on any atom is 0.356 e. The zero-order valence-electron chi connectivity index (χ0n) is 9.54. The van der Waals surface area contributed by atoms with Gasteiger partial charge in [0, 0.05) is 10.0 Å². The van der Waals surface area contributed by atoms with Crippen LogP contribution in [0.1, 0.15) is 17.4 Å². The summed E-state index contributed by atoms with van der Waals surface area (Å²) in [6.45, 7) is 2.07. The van der Waals surface area contributed by atoms with E-state index in [2.05, 4.69) is 26.1 Å². The van der Waals surface area contributed by atoms with Crippen molar-refractivity contribution in [1.82, 2.24) is 10.2 Å². The third-order valence-electron chi connectivity index (χ3n) is 2.28. The first-order valence-electron chi connectivity index (χ1n) is 5.29. The van der Waals surface area contributed by atoms with Gasteiger partial charge in [-0.05, 0) is 31.2 Å². The van der Waals surface area contributed by atoms with Crippen molar-refractivity contribution in [3.8, 4) is 11.3 Å². The maximum absolute atomic E-state index is 11.5. The van der Waals surface area contributed by atoms with Crippen LogP contribution in [0, 0.1) is 0 Å². The highest BCUT2D eigenvalue weighted by atomic mass is 79.9. The monoisotopic (exact) mass is 328 g/mol. The van der Waals surface area contributed by atoms with Gasteiger partial charge in [0.2, 0.25) is 0 Å². The number of aromatic amines is 1. The molecule has 0 saturated heterocycles. The molecule has 4 nitrogen and oxygen atoms in total. The average molecular weight is 330 g/mol. The van der Waals surface area contributed by atoms with Crippen molar-refractivity contribution in [2.24, 2.45) is 0 Å². The van der Waals surface area contributed by atoms with Gasteiger partial charge >= 0.3 is 5.97 Å². The molecule has 94 valence electrons. The first-order valence-corrected chi connectivity index (χ1v) is 6.47. The first kappa shape index (κ1) is 13.1. The lowest BCUT2D eigenvalue weighted by atomic mass is 10.1. The number of nitrogens with zero attached hydrogens (tertiary/aromatic N) is 1. The number of carbonyl (C=O) groups excluding carboxylic acids is 1. The Hall–Kier alpha value is -1.33. The van der Waals surface area contributed by atoms with E-state index in [1.54, 1.807) is 19.1 Å². The summed E-state index contributed by atoms with van der Waals surface area (Å²) in [5, 5.41) is 7.27. The molecule has 0 atom stereocenters. The van der Waals surface area contributed by atoms with Gasteiger partial charge in [-0.2, -0.15) is 5.10 Å². The highest BCUT2D eigenvalue weighted by Gasteiger charge is 2.13. The largest absolute Gasteiger partial charge is 0.461 e. The van der Waals surface area contributed by atoms with Crippen molar-refractivity contribution in [2.75, 3.05) is 6.61 Å². The van der Waals surface area contributed by atoms with Crippen LogP contribution >= 0.6 is 27.5 Å². The standard InChI is InChI=1S/C12H10BrClN2O2/c1-2-18-12(17)11-6-10(15-16-11)8-5-7(13)3-4-9(8)14/h3-6H,2H2,1H3,(H,15,16). The van der Waals surface area contributed by atoms with E-state index in [0.717, 1.165) is 10.0 Å². The molecule has 0 amide bonds. The number of aromatic nitrogens is 2. The van der Waals surface area contributed by atoms with Crippen LogP contribution in [-0.2, 0) is 4.74 Å². The van der Waals surface area contributed by atoms with Gasteiger partial charge < -0.3 is 4.74 Å². The Morgan fingerprint density at radius 3 is 3.00 bits per heavy atom. The molecular weight excluding hydrogens is 320 g/mol. The second-order valence-corrected chi connectivity index (χ2v) is 4.83. The number of esters is 1. The molecule has 0 unspecified atom stereocenters. The molecule has 1 aromatic carbocycles. The number of rotatable bonds is 3. The number of benzene rings is 1. The summed E-state index contributed by atoms with van der Waals surface area (Å²) in [6, 6.07) is 7.06. The number of carbonyl (C=O) groups is 1. The number of H-pyrrole nitrogens is 1. The summed E-state index contributed by atoms with van der Waals surface area (Å²) in [4.78, 5) is 11.5.